The molecule has 0 radical (unpaired) electrons. The van der Waals surface area contributed by atoms with Crippen molar-refractivity contribution in [2.75, 3.05) is 44.2 Å². The Morgan fingerprint density at radius 3 is 2.39 bits per heavy atom. The fraction of sp³-hybridized carbons (Fsp3) is 0.647. The number of para-hydroxylation sites is 1. The van der Waals surface area contributed by atoms with Gasteiger partial charge in [-0.05, 0) is 38.1 Å². The van der Waals surface area contributed by atoms with Crippen molar-refractivity contribution in [2.24, 2.45) is 5.92 Å². The van der Waals surface area contributed by atoms with Crippen LogP contribution in [-0.4, -0.2) is 56.5 Å². The number of anilines is 1. The highest BCUT2D eigenvalue weighted by Gasteiger charge is 2.41. The molecule has 3 nitrogen and oxygen atoms in total. The summed E-state index contributed by atoms with van der Waals surface area (Å²) in [7, 11) is 0. The van der Waals surface area contributed by atoms with Gasteiger partial charge in [0, 0.05) is 25.3 Å². The Labute approximate surface area is 135 Å². The zero-order chi connectivity index (χ0) is 16.3. The Kier molecular flexibility index (Phi) is 5.11. The van der Waals surface area contributed by atoms with Crippen molar-refractivity contribution in [1.82, 2.24) is 4.90 Å². The smallest absolute Gasteiger partial charge is 0.373 e. The van der Waals surface area contributed by atoms with Gasteiger partial charge in [0.25, 0.3) is 0 Å². The van der Waals surface area contributed by atoms with E-state index in [0.717, 1.165) is 13.1 Å². The summed E-state index contributed by atoms with van der Waals surface area (Å²) in [6.45, 7) is 4.05. The van der Waals surface area contributed by atoms with Crippen LogP contribution in [0.5, 0.6) is 0 Å². The first-order valence-corrected chi connectivity index (χ1v) is 8.23. The lowest BCUT2D eigenvalue weighted by atomic mass is 9.96. The van der Waals surface area contributed by atoms with Gasteiger partial charge in [-0.3, -0.25) is 0 Å². The number of morpholine rings is 1. The molecule has 23 heavy (non-hydrogen) atoms. The van der Waals surface area contributed by atoms with Crippen LogP contribution in [0, 0.1) is 5.92 Å². The zero-order valence-electron chi connectivity index (χ0n) is 13.1. The SMILES string of the molecule is FC(F)(F)C1CCN(CC2CN(c3ccccc3)CCO2)CC1. The van der Waals surface area contributed by atoms with Gasteiger partial charge < -0.3 is 14.5 Å². The summed E-state index contributed by atoms with van der Waals surface area (Å²) in [6.07, 6.45) is -3.57. The molecule has 0 saturated carbocycles. The number of piperidine rings is 1. The number of hydrogen-bond donors (Lipinski definition) is 0. The number of hydrogen-bond acceptors (Lipinski definition) is 3. The summed E-state index contributed by atoms with van der Waals surface area (Å²) in [4.78, 5) is 4.40. The Morgan fingerprint density at radius 1 is 1.04 bits per heavy atom. The van der Waals surface area contributed by atoms with Gasteiger partial charge in [-0.15, -0.1) is 0 Å². The van der Waals surface area contributed by atoms with Crippen LogP contribution < -0.4 is 4.90 Å². The van der Waals surface area contributed by atoms with E-state index in [9.17, 15) is 13.2 Å². The van der Waals surface area contributed by atoms with Crippen LogP contribution in [0.4, 0.5) is 18.9 Å². The normalized spacial score (nSPS) is 24.8. The molecule has 2 aliphatic rings. The molecule has 2 aliphatic heterocycles. The standard InChI is InChI=1S/C17H23F3N2O/c18-17(19,20)14-6-8-21(9-7-14)12-16-13-22(10-11-23-16)15-4-2-1-3-5-15/h1-5,14,16H,6-13H2. The molecule has 0 spiro atoms. The first-order chi connectivity index (χ1) is 11.0. The molecule has 1 atom stereocenters. The summed E-state index contributed by atoms with van der Waals surface area (Å²) in [6, 6.07) is 10.2. The Bertz CT molecular complexity index is 486. The summed E-state index contributed by atoms with van der Waals surface area (Å²) in [5.41, 5.74) is 1.18. The van der Waals surface area contributed by atoms with Crippen molar-refractivity contribution >= 4 is 5.69 Å². The van der Waals surface area contributed by atoms with Gasteiger partial charge in [-0.2, -0.15) is 13.2 Å². The number of alkyl halides is 3. The highest BCUT2D eigenvalue weighted by molar-refractivity contribution is 5.46. The van der Waals surface area contributed by atoms with Crippen LogP contribution in [0.15, 0.2) is 30.3 Å². The number of halogens is 3. The van der Waals surface area contributed by atoms with Crippen LogP contribution in [0.3, 0.4) is 0 Å². The van der Waals surface area contributed by atoms with Gasteiger partial charge in [-0.25, -0.2) is 0 Å². The summed E-state index contributed by atoms with van der Waals surface area (Å²) < 4.78 is 44.0. The number of rotatable bonds is 3. The molecule has 0 aromatic heterocycles. The van der Waals surface area contributed by atoms with E-state index in [-0.39, 0.29) is 18.9 Å². The van der Waals surface area contributed by atoms with E-state index in [1.165, 1.54) is 5.69 Å². The molecule has 6 heteroatoms. The fourth-order valence-corrected chi connectivity index (χ4v) is 3.43. The quantitative estimate of drug-likeness (QED) is 0.848. The second kappa shape index (κ2) is 7.09. The largest absolute Gasteiger partial charge is 0.391 e. The fourth-order valence-electron chi connectivity index (χ4n) is 3.43. The highest BCUT2D eigenvalue weighted by atomic mass is 19.4. The van der Waals surface area contributed by atoms with Crippen LogP contribution in [0.2, 0.25) is 0 Å². The van der Waals surface area contributed by atoms with Crippen molar-refractivity contribution < 1.29 is 17.9 Å². The Hall–Kier alpha value is -1.27. The molecule has 2 fully saturated rings. The van der Waals surface area contributed by atoms with Gasteiger partial charge in [-0.1, -0.05) is 18.2 Å². The van der Waals surface area contributed by atoms with E-state index in [1.807, 2.05) is 18.2 Å². The monoisotopic (exact) mass is 328 g/mol. The van der Waals surface area contributed by atoms with E-state index in [0.29, 0.717) is 26.2 Å². The molecule has 0 bridgehead atoms. The van der Waals surface area contributed by atoms with E-state index in [4.69, 9.17) is 4.74 Å². The maximum atomic E-state index is 12.7. The van der Waals surface area contributed by atoms with Crippen molar-refractivity contribution in [3.8, 4) is 0 Å². The van der Waals surface area contributed by atoms with Crippen LogP contribution in [0.25, 0.3) is 0 Å². The van der Waals surface area contributed by atoms with Gasteiger partial charge in [0.05, 0.1) is 18.6 Å². The van der Waals surface area contributed by atoms with Crippen LogP contribution in [0.1, 0.15) is 12.8 Å². The molecule has 0 aliphatic carbocycles. The predicted molar refractivity (Wildman–Crippen MR) is 83.6 cm³/mol. The number of nitrogens with zero attached hydrogens (tertiary/aromatic N) is 2. The maximum Gasteiger partial charge on any atom is 0.391 e. The average Bonchev–Trinajstić information content (AvgIpc) is 2.56. The molecule has 0 amide bonds. The van der Waals surface area contributed by atoms with Crippen LogP contribution in [-0.2, 0) is 4.74 Å². The van der Waals surface area contributed by atoms with Crippen molar-refractivity contribution in [3.05, 3.63) is 30.3 Å². The van der Waals surface area contributed by atoms with Gasteiger partial charge in [0.1, 0.15) is 0 Å². The second-order valence-electron chi connectivity index (χ2n) is 6.39. The molecule has 2 heterocycles. The first kappa shape index (κ1) is 16.6. The van der Waals surface area contributed by atoms with E-state index in [2.05, 4.69) is 21.9 Å². The molecule has 3 rings (SSSR count). The van der Waals surface area contributed by atoms with Gasteiger partial charge in [0.2, 0.25) is 0 Å². The molecule has 1 aromatic rings. The number of ether oxygens (including phenoxy) is 1. The average molecular weight is 328 g/mol. The van der Waals surface area contributed by atoms with Crippen molar-refractivity contribution in [1.29, 1.82) is 0 Å². The topological polar surface area (TPSA) is 15.7 Å². The highest BCUT2D eigenvalue weighted by Crippen LogP contribution is 2.34. The first-order valence-electron chi connectivity index (χ1n) is 8.23. The molecule has 1 unspecified atom stereocenters. The van der Waals surface area contributed by atoms with E-state index < -0.39 is 12.1 Å². The third kappa shape index (κ3) is 4.38. The lowest BCUT2D eigenvalue weighted by molar-refractivity contribution is -0.185. The molecular formula is C17H23F3N2O. The van der Waals surface area contributed by atoms with Crippen molar-refractivity contribution in [3.63, 3.8) is 0 Å². The molecule has 2 saturated heterocycles. The minimum Gasteiger partial charge on any atom is -0.373 e. The zero-order valence-corrected chi connectivity index (χ0v) is 13.1. The lowest BCUT2D eigenvalue weighted by Crippen LogP contribution is -2.49. The molecule has 128 valence electrons. The number of likely N-dealkylation sites (tertiary alicyclic amines) is 1. The third-order valence-electron chi connectivity index (χ3n) is 4.77. The Balaban J connectivity index is 1.49. The molecule has 0 N–H and O–H groups in total. The second-order valence-corrected chi connectivity index (χ2v) is 6.39. The van der Waals surface area contributed by atoms with Gasteiger partial charge in [0.15, 0.2) is 0 Å². The summed E-state index contributed by atoms with van der Waals surface area (Å²) >= 11 is 0. The maximum absolute atomic E-state index is 12.7. The van der Waals surface area contributed by atoms with Crippen molar-refractivity contribution in [2.45, 2.75) is 25.1 Å². The van der Waals surface area contributed by atoms with Crippen LogP contribution >= 0.6 is 0 Å². The van der Waals surface area contributed by atoms with E-state index in [1.54, 1.807) is 0 Å². The van der Waals surface area contributed by atoms with E-state index >= 15 is 0 Å². The minimum atomic E-state index is -4.04. The number of benzene rings is 1. The predicted octanol–water partition coefficient (Wildman–Crippen LogP) is 3.17. The lowest BCUT2D eigenvalue weighted by Gasteiger charge is -2.39. The minimum absolute atomic E-state index is 0.0615. The van der Waals surface area contributed by atoms with Gasteiger partial charge >= 0.3 is 6.18 Å². The molecule has 1 aromatic carbocycles. The Morgan fingerprint density at radius 2 is 1.74 bits per heavy atom. The summed E-state index contributed by atoms with van der Waals surface area (Å²) in [5, 5.41) is 0. The molecular weight excluding hydrogens is 305 g/mol. The third-order valence-corrected chi connectivity index (χ3v) is 4.77. The summed E-state index contributed by atoms with van der Waals surface area (Å²) in [5.74, 6) is -1.13.